The number of halogens is 1. The monoisotopic (exact) mass is 318 g/mol. The Hall–Kier alpha value is -1.42. The Morgan fingerprint density at radius 3 is 2.57 bits per heavy atom. The standard InChI is InChI=1S/C17H17ClNOS/c18-17-14-5-1-2-6-15(14)21-16(17)12-19-9-7-13(8-10-19)4-3-11-20/h1-2,5-10,20H,3-4,11-12H2/q+1. The Morgan fingerprint density at radius 2 is 1.86 bits per heavy atom. The highest BCUT2D eigenvalue weighted by Gasteiger charge is 2.13. The van der Waals surface area contributed by atoms with Crippen molar-refractivity contribution in [3.05, 3.63) is 64.3 Å². The molecule has 0 amide bonds. The lowest BCUT2D eigenvalue weighted by Crippen LogP contribution is -2.32. The van der Waals surface area contributed by atoms with Gasteiger partial charge in [-0.2, -0.15) is 4.57 Å². The van der Waals surface area contributed by atoms with Gasteiger partial charge in [-0.15, -0.1) is 11.3 Å². The van der Waals surface area contributed by atoms with Gasteiger partial charge in [0, 0.05) is 28.8 Å². The van der Waals surface area contributed by atoms with Crippen LogP contribution in [0.1, 0.15) is 16.9 Å². The summed E-state index contributed by atoms with van der Waals surface area (Å²) in [6.07, 6.45) is 5.88. The molecule has 0 aliphatic heterocycles. The molecule has 3 rings (SSSR count). The van der Waals surface area contributed by atoms with E-state index < -0.39 is 0 Å². The van der Waals surface area contributed by atoms with Crippen molar-refractivity contribution in [3.63, 3.8) is 0 Å². The van der Waals surface area contributed by atoms with Crippen molar-refractivity contribution in [1.29, 1.82) is 0 Å². The minimum absolute atomic E-state index is 0.242. The number of benzene rings is 1. The van der Waals surface area contributed by atoms with Crippen LogP contribution in [0.4, 0.5) is 0 Å². The van der Waals surface area contributed by atoms with Crippen LogP contribution in [0, 0.1) is 0 Å². The van der Waals surface area contributed by atoms with E-state index in [4.69, 9.17) is 16.7 Å². The summed E-state index contributed by atoms with van der Waals surface area (Å²) in [6.45, 7) is 1.03. The molecule has 3 aromatic rings. The highest BCUT2D eigenvalue weighted by Crippen LogP contribution is 2.34. The summed E-state index contributed by atoms with van der Waals surface area (Å²) in [5.41, 5.74) is 1.25. The maximum Gasteiger partial charge on any atom is 0.184 e. The molecule has 0 atom stereocenters. The summed E-state index contributed by atoms with van der Waals surface area (Å²) in [6, 6.07) is 12.5. The zero-order valence-electron chi connectivity index (χ0n) is 11.6. The summed E-state index contributed by atoms with van der Waals surface area (Å²) in [7, 11) is 0. The Balaban J connectivity index is 1.80. The number of aliphatic hydroxyl groups is 1. The first-order valence-electron chi connectivity index (χ1n) is 7.02. The smallest absolute Gasteiger partial charge is 0.184 e. The van der Waals surface area contributed by atoms with Gasteiger partial charge in [0.1, 0.15) is 0 Å². The lowest BCUT2D eigenvalue weighted by Gasteiger charge is -1.99. The average Bonchev–Trinajstić information content (AvgIpc) is 2.83. The highest BCUT2D eigenvalue weighted by molar-refractivity contribution is 7.19. The molecule has 21 heavy (non-hydrogen) atoms. The van der Waals surface area contributed by atoms with Crippen molar-refractivity contribution in [2.45, 2.75) is 19.4 Å². The molecule has 2 heterocycles. The van der Waals surface area contributed by atoms with Crippen LogP contribution in [0.15, 0.2) is 48.8 Å². The third-order valence-electron chi connectivity index (χ3n) is 3.51. The minimum atomic E-state index is 0.242. The molecule has 0 unspecified atom stereocenters. The highest BCUT2D eigenvalue weighted by atomic mass is 35.5. The predicted octanol–water partition coefficient (Wildman–Crippen LogP) is 3.82. The molecule has 1 N–H and O–H groups in total. The molecule has 0 saturated heterocycles. The number of pyridine rings is 1. The quantitative estimate of drug-likeness (QED) is 0.711. The molecule has 0 aliphatic carbocycles. The predicted molar refractivity (Wildman–Crippen MR) is 88.0 cm³/mol. The van der Waals surface area contributed by atoms with E-state index >= 15 is 0 Å². The first-order valence-corrected chi connectivity index (χ1v) is 8.22. The maximum absolute atomic E-state index is 8.86. The van der Waals surface area contributed by atoms with E-state index in [1.54, 1.807) is 11.3 Å². The molecule has 1 aromatic carbocycles. The van der Waals surface area contributed by atoms with Gasteiger partial charge in [-0.3, -0.25) is 0 Å². The van der Waals surface area contributed by atoms with Crippen LogP contribution < -0.4 is 4.57 Å². The van der Waals surface area contributed by atoms with Gasteiger partial charge >= 0.3 is 0 Å². The van der Waals surface area contributed by atoms with Crippen LogP contribution >= 0.6 is 22.9 Å². The van der Waals surface area contributed by atoms with Crippen molar-refractivity contribution < 1.29 is 9.67 Å². The SMILES string of the molecule is OCCCc1cc[n+](Cc2sc3ccccc3c2Cl)cc1. The summed E-state index contributed by atoms with van der Waals surface area (Å²) < 4.78 is 3.37. The number of thiophene rings is 1. The fourth-order valence-electron chi connectivity index (χ4n) is 2.38. The van der Waals surface area contributed by atoms with E-state index in [0.29, 0.717) is 0 Å². The third-order valence-corrected chi connectivity index (χ3v) is 5.21. The van der Waals surface area contributed by atoms with Crippen molar-refractivity contribution in [3.8, 4) is 0 Å². The van der Waals surface area contributed by atoms with Crippen molar-refractivity contribution in [2.24, 2.45) is 0 Å². The molecule has 108 valence electrons. The van der Waals surface area contributed by atoms with Crippen LogP contribution in [0.2, 0.25) is 5.02 Å². The van der Waals surface area contributed by atoms with E-state index in [1.165, 1.54) is 15.1 Å². The number of aliphatic hydroxyl groups excluding tert-OH is 1. The lowest BCUT2D eigenvalue weighted by atomic mass is 10.1. The van der Waals surface area contributed by atoms with Gasteiger partial charge in [0.25, 0.3) is 0 Å². The van der Waals surface area contributed by atoms with Gasteiger partial charge in [-0.1, -0.05) is 29.8 Å². The molecule has 4 heteroatoms. The Morgan fingerprint density at radius 1 is 1.10 bits per heavy atom. The fourth-order valence-corrected chi connectivity index (χ4v) is 3.88. The van der Waals surface area contributed by atoms with Gasteiger partial charge in [-0.25, -0.2) is 0 Å². The fraction of sp³-hybridized carbons (Fsp3) is 0.235. The van der Waals surface area contributed by atoms with Crippen LogP contribution in [0.3, 0.4) is 0 Å². The van der Waals surface area contributed by atoms with Crippen molar-refractivity contribution >= 4 is 33.0 Å². The number of fused-ring (bicyclic) bond motifs is 1. The number of hydrogen-bond acceptors (Lipinski definition) is 2. The Labute approximate surface area is 133 Å². The second-order valence-electron chi connectivity index (χ2n) is 5.04. The van der Waals surface area contributed by atoms with E-state index in [9.17, 15) is 0 Å². The van der Waals surface area contributed by atoms with E-state index in [0.717, 1.165) is 29.8 Å². The number of nitrogens with zero attached hydrogens (tertiary/aromatic N) is 1. The summed E-state index contributed by atoms with van der Waals surface area (Å²) >= 11 is 8.23. The zero-order chi connectivity index (χ0) is 14.7. The molecule has 0 bridgehead atoms. The van der Waals surface area contributed by atoms with Gasteiger partial charge in [0.05, 0.1) is 9.90 Å². The molecule has 0 aliphatic rings. The maximum atomic E-state index is 8.86. The second kappa shape index (κ2) is 6.56. The third kappa shape index (κ3) is 3.26. The van der Waals surface area contributed by atoms with Gasteiger partial charge in [0.15, 0.2) is 18.9 Å². The lowest BCUT2D eigenvalue weighted by molar-refractivity contribution is -0.687. The molecule has 0 radical (unpaired) electrons. The number of aromatic nitrogens is 1. The largest absolute Gasteiger partial charge is 0.396 e. The Bertz CT molecular complexity index is 736. The molecule has 2 aromatic heterocycles. The topological polar surface area (TPSA) is 24.1 Å². The molecule has 2 nitrogen and oxygen atoms in total. The molecule has 0 saturated carbocycles. The molecular formula is C17H17ClNOS+. The van der Waals surface area contributed by atoms with Crippen molar-refractivity contribution in [1.82, 2.24) is 0 Å². The second-order valence-corrected chi connectivity index (χ2v) is 6.56. The number of rotatable bonds is 5. The van der Waals surface area contributed by atoms with Crippen molar-refractivity contribution in [2.75, 3.05) is 6.61 Å². The molecular weight excluding hydrogens is 302 g/mol. The Kier molecular flexibility index (Phi) is 4.54. The van der Waals surface area contributed by atoms with E-state index in [-0.39, 0.29) is 6.61 Å². The van der Waals surface area contributed by atoms with E-state index in [1.807, 2.05) is 12.1 Å². The molecule has 0 spiro atoms. The average molecular weight is 319 g/mol. The first-order chi connectivity index (χ1) is 10.3. The zero-order valence-corrected chi connectivity index (χ0v) is 13.2. The van der Waals surface area contributed by atoms with Gasteiger partial charge in [-0.05, 0) is 24.5 Å². The summed E-state index contributed by atoms with van der Waals surface area (Å²) in [4.78, 5) is 1.19. The summed E-state index contributed by atoms with van der Waals surface area (Å²) in [5.74, 6) is 0. The first kappa shape index (κ1) is 14.5. The van der Waals surface area contributed by atoms with Gasteiger partial charge in [0.2, 0.25) is 0 Å². The number of aryl methyl sites for hydroxylation is 1. The number of hydrogen-bond donors (Lipinski definition) is 1. The minimum Gasteiger partial charge on any atom is -0.396 e. The van der Waals surface area contributed by atoms with Crippen LogP contribution in [0.25, 0.3) is 10.1 Å². The normalized spacial score (nSPS) is 11.1. The van der Waals surface area contributed by atoms with Crippen LogP contribution in [0.5, 0.6) is 0 Å². The van der Waals surface area contributed by atoms with Gasteiger partial charge < -0.3 is 5.11 Å². The molecule has 0 fully saturated rings. The van der Waals surface area contributed by atoms with E-state index in [2.05, 4.69) is 41.2 Å². The summed E-state index contributed by atoms with van der Waals surface area (Å²) in [5, 5.41) is 10.9. The van der Waals surface area contributed by atoms with Crippen LogP contribution in [-0.4, -0.2) is 11.7 Å². The van der Waals surface area contributed by atoms with Crippen LogP contribution in [-0.2, 0) is 13.0 Å².